The van der Waals surface area contributed by atoms with Crippen LogP contribution in [-0.2, 0) is 9.84 Å². The zero-order valence-electron chi connectivity index (χ0n) is 14.6. The monoisotopic (exact) mass is 401 g/mol. The first-order valence-corrected chi connectivity index (χ1v) is 11.3. The normalized spacial score (nSPS) is 19.6. The molecule has 0 spiro atoms. The molecule has 1 fully saturated rings. The Morgan fingerprint density at radius 3 is 2.78 bits per heavy atom. The van der Waals surface area contributed by atoms with E-state index < -0.39 is 15.1 Å². The van der Waals surface area contributed by atoms with Crippen LogP contribution in [0.3, 0.4) is 0 Å². The van der Waals surface area contributed by atoms with Crippen molar-refractivity contribution in [1.29, 1.82) is 0 Å². The number of hydrogen-bond acceptors (Lipinski definition) is 5. The average molecular weight is 402 g/mol. The summed E-state index contributed by atoms with van der Waals surface area (Å²) in [6, 6.07) is 12.8. The standard InChI is InChI=1S/C19H19N3O3S2/c23-19(15-4-1-5-16(14-15)22-9-3-8-20-22)21-10-7-18(17-6-2-12-26-17)27(24,25)13-11-21/h1-6,8-9,12,14,18H,7,10-11,13H2. The van der Waals surface area contributed by atoms with E-state index in [1.807, 2.05) is 41.9 Å². The van der Waals surface area contributed by atoms with Crippen LogP contribution in [0.4, 0.5) is 0 Å². The maximum atomic E-state index is 13.0. The molecule has 0 saturated carbocycles. The van der Waals surface area contributed by atoms with Gasteiger partial charge in [0.05, 0.1) is 16.7 Å². The molecule has 1 unspecified atom stereocenters. The first-order chi connectivity index (χ1) is 13.0. The van der Waals surface area contributed by atoms with Gasteiger partial charge in [-0.3, -0.25) is 4.79 Å². The third kappa shape index (κ3) is 3.68. The van der Waals surface area contributed by atoms with Crippen molar-refractivity contribution in [2.45, 2.75) is 11.7 Å². The second kappa shape index (κ2) is 7.28. The van der Waals surface area contributed by atoms with Crippen molar-refractivity contribution in [1.82, 2.24) is 14.7 Å². The van der Waals surface area contributed by atoms with Gasteiger partial charge in [-0.15, -0.1) is 11.3 Å². The van der Waals surface area contributed by atoms with Gasteiger partial charge in [0.2, 0.25) is 0 Å². The summed E-state index contributed by atoms with van der Waals surface area (Å²) in [5, 5.41) is 5.55. The van der Waals surface area contributed by atoms with E-state index in [0.717, 1.165) is 10.6 Å². The first kappa shape index (κ1) is 17.9. The summed E-state index contributed by atoms with van der Waals surface area (Å²) in [7, 11) is -3.27. The Morgan fingerprint density at radius 2 is 2.04 bits per heavy atom. The van der Waals surface area contributed by atoms with Crippen LogP contribution in [0, 0.1) is 0 Å². The Hall–Kier alpha value is -2.45. The summed E-state index contributed by atoms with van der Waals surface area (Å²) >= 11 is 1.46. The number of hydrogen-bond donors (Lipinski definition) is 0. The molecule has 8 heteroatoms. The van der Waals surface area contributed by atoms with E-state index in [1.165, 1.54) is 11.3 Å². The van der Waals surface area contributed by atoms with E-state index in [4.69, 9.17) is 0 Å². The smallest absolute Gasteiger partial charge is 0.253 e. The molecule has 27 heavy (non-hydrogen) atoms. The van der Waals surface area contributed by atoms with Crippen LogP contribution in [0.5, 0.6) is 0 Å². The molecule has 0 N–H and O–H groups in total. The van der Waals surface area contributed by atoms with Gasteiger partial charge in [-0.2, -0.15) is 5.10 Å². The Balaban J connectivity index is 1.56. The lowest BCUT2D eigenvalue weighted by atomic mass is 10.1. The van der Waals surface area contributed by atoms with Crippen molar-refractivity contribution in [2.75, 3.05) is 18.8 Å². The zero-order valence-corrected chi connectivity index (χ0v) is 16.2. The van der Waals surface area contributed by atoms with Gasteiger partial charge >= 0.3 is 0 Å². The summed E-state index contributed by atoms with van der Waals surface area (Å²) < 4.78 is 27.0. The Kier molecular flexibility index (Phi) is 4.84. The number of amides is 1. The fraction of sp³-hybridized carbons (Fsp3) is 0.263. The molecular formula is C19H19N3O3S2. The molecular weight excluding hydrogens is 382 g/mol. The molecule has 6 nitrogen and oxygen atoms in total. The molecule has 140 valence electrons. The molecule has 0 aliphatic carbocycles. The fourth-order valence-electron chi connectivity index (χ4n) is 3.33. The summed E-state index contributed by atoms with van der Waals surface area (Å²) in [4.78, 5) is 15.5. The molecule has 3 heterocycles. The highest BCUT2D eigenvalue weighted by Crippen LogP contribution is 2.32. The molecule has 0 radical (unpaired) electrons. The van der Waals surface area contributed by atoms with Gasteiger partial charge in [0, 0.05) is 35.9 Å². The molecule has 1 amide bonds. The van der Waals surface area contributed by atoms with Gasteiger partial charge in [-0.25, -0.2) is 13.1 Å². The number of sulfone groups is 1. The lowest BCUT2D eigenvalue weighted by Gasteiger charge is -2.20. The highest BCUT2D eigenvalue weighted by atomic mass is 32.2. The van der Waals surface area contributed by atoms with Gasteiger partial charge in [0.25, 0.3) is 5.91 Å². The van der Waals surface area contributed by atoms with Gasteiger partial charge in [0.1, 0.15) is 0 Å². The van der Waals surface area contributed by atoms with Crippen LogP contribution < -0.4 is 0 Å². The summed E-state index contributed by atoms with van der Waals surface area (Å²) in [5.74, 6) is -0.161. The van der Waals surface area contributed by atoms with Crippen molar-refractivity contribution in [3.05, 3.63) is 70.7 Å². The van der Waals surface area contributed by atoms with Gasteiger partial charge in [-0.1, -0.05) is 12.1 Å². The van der Waals surface area contributed by atoms with Crippen molar-refractivity contribution in [2.24, 2.45) is 0 Å². The Morgan fingerprint density at radius 1 is 1.15 bits per heavy atom. The number of aromatic nitrogens is 2. The number of carbonyl (C=O) groups is 1. The summed E-state index contributed by atoms with van der Waals surface area (Å²) in [6.07, 6.45) is 3.92. The molecule has 1 atom stereocenters. The van der Waals surface area contributed by atoms with Crippen molar-refractivity contribution >= 4 is 27.1 Å². The van der Waals surface area contributed by atoms with Crippen LogP contribution >= 0.6 is 11.3 Å². The van der Waals surface area contributed by atoms with Gasteiger partial charge in [0.15, 0.2) is 9.84 Å². The minimum atomic E-state index is -3.27. The number of rotatable bonds is 3. The van der Waals surface area contributed by atoms with E-state index in [2.05, 4.69) is 5.10 Å². The topological polar surface area (TPSA) is 72.3 Å². The number of carbonyl (C=O) groups excluding carboxylic acids is 1. The van der Waals surface area contributed by atoms with Crippen LogP contribution in [0.1, 0.15) is 26.9 Å². The summed E-state index contributed by atoms with van der Waals surface area (Å²) in [5.41, 5.74) is 1.33. The van der Waals surface area contributed by atoms with E-state index in [-0.39, 0.29) is 18.2 Å². The third-order valence-corrected chi connectivity index (χ3v) is 7.99. The van der Waals surface area contributed by atoms with Crippen molar-refractivity contribution < 1.29 is 13.2 Å². The van der Waals surface area contributed by atoms with E-state index >= 15 is 0 Å². The zero-order chi connectivity index (χ0) is 18.9. The van der Waals surface area contributed by atoms with E-state index in [1.54, 1.807) is 27.9 Å². The molecule has 1 aliphatic rings. The Labute approximate surface area is 162 Å². The van der Waals surface area contributed by atoms with Crippen LogP contribution in [0.15, 0.2) is 60.2 Å². The van der Waals surface area contributed by atoms with Crippen LogP contribution in [-0.4, -0.2) is 47.8 Å². The molecule has 0 bridgehead atoms. The molecule has 3 aromatic rings. The lowest BCUT2D eigenvalue weighted by Crippen LogP contribution is -2.33. The first-order valence-electron chi connectivity index (χ1n) is 8.69. The second-order valence-corrected chi connectivity index (χ2v) is 9.74. The molecule has 1 saturated heterocycles. The highest BCUT2D eigenvalue weighted by molar-refractivity contribution is 7.91. The predicted octanol–water partition coefficient (Wildman–Crippen LogP) is 2.94. The molecule has 2 aromatic heterocycles. The maximum Gasteiger partial charge on any atom is 0.253 e. The highest BCUT2D eigenvalue weighted by Gasteiger charge is 2.33. The van der Waals surface area contributed by atoms with E-state index in [9.17, 15) is 13.2 Å². The number of nitrogens with zero attached hydrogens (tertiary/aromatic N) is 3. The molecule has 1 aromatic carbocycles. The maximum absolute atomic E-state index is 13.0. The third-order valence-electron chi connectivity index (χ3n) is 4.75. The fourth-order valence-corrected chi connectivity index (χ4v) is 6.33. The van der Waals surface area contributed by atoms with Gasteiger partial charge < -0.3 is 4.90 Å². The summed E-state index contributed by atoms with van der Waals surface area (Å²) in [6.45, 7) is 0.641. The van der Waals surface area contributed by atoms with Crippen LogP contribution in [0.2, 0.25) is 0 Å². The van der Waals surface area contributed by atoms with Crippen LogP contribution in [0.25, 0.3) is 5.69 Å². The average Bonchev–Trinajstić information content (AvgIpc) is 3.35. The minimum absolute atomic E-state index is 0.0137. The lowest BCUT2D eigenvalue weighted by molar-refractivity contribution is 0.0766. The Bertz CT molecular complexity index is 1030. The molecule has 1 aliphatic heterocycles. The van der Waals surface area contributed by atoms with Gasteiger partial charge in [-0.05, 0) is 42.1 Å². The number of thiophene rings is 1. The second-order valence-electron chi connectivity index (χ2n) is 6.45. The molecule has 4 rings (SSSR count). The number of benzene rings is 1. The quantitative estimate of drug-likeness (QED) is 0.676. The van der Waals surface area contributed by atoms with E-state index in [0.29, 0.717) is 18.5 Å². The van der Waals surface area contributed by atoms with Crippen molar-refractivity contribution in [3.63, 3.8) is 0 Å². The largest absolute Gasteiger partial charge is 0.338 e. The predicted molar refractivity (Wildman–Crippen MR) is 105 cm³/mol. The van der Waals surface area contributed by atoms with Crippen molar-refractivity contribution in [3.8, 4) is 5.69 Å². The minimum Gasteiger partial charge on any atom is -0.338 e. The SMILES string of the molecule is O=C(c1cccc(-n2cccn2)c1)N1CCC(c2cccs2)S(=O)(=O)CC1.